The molecule has 1 heterocycles. The highest BCUT2D eigenvalue weighted by atomic mass is 32.2. The van der Waals surface area contributed by atoms with Gasteiger partial charge in [-0.25, -0.2) is 8.42 Å². The van der Waals surface area contributed by atoms with Gasteiger partial charge in [-0.1, -0.05) is 30.3 Å². The van der Waals surface area contributed by atoms with E-state index in [4.69, 9.17) is 15.2 Å². The van der Waals surface area contributed by atoms with Crippen LogP contribution in [-0.4, -0.2) is 46.9 Å². The predicted octanol–water partition coefficient (Wildman–Crippen LogP) is 4.14. The number of rotatable bonds is 11. The van der Waals surface area contributed by atoms with Crippen LogP contribution in [0.4, 0.5) is 17.1 Å². The van der Waals surface area contributed by atoms with E-state index in [1.807, 2.05) is 50.2 Å². The molecule has 0 spiro atoms. The predicted molar refractivity (Wildman–Crippen MR) is 152 cm³/mol. The van der Waals surface area contributed by atoms with Crippen LogP contribution in [0.2, 0.25) is 0 Å². The van der Waals surface area contributed by atoms with Crippen LogP contribution in [0.5, 0.6) is 11.5 Å². The molecule has 1 amide bonds. The van der Waals surface area contributed by atoms with Crippen molar-refractivity contribution in [3.05, 3.63) is 77.9 Å². The number of hydrogen-bond acceptors (Lipinski definition) is 7. The van der Waals surface area contributed by atoms with Crippen molar-refractivity contribution in [3.63, 3.8) is 0 Å². The molecule has 0 fully saturated rings. The first-order chi connectivity index (χ1) is 18.3. The maximum atomic E-state index is 13.3. The van der Waals surface area contributed by atoms with E-state index in [1.165, 1.54) is 4.31 Å². The number of nitrogens with one attached hydrogen (secondary N) is 2. The molecule has 1 aliphatic rings. The molecule has 0 aromatic heterocycles. The zero-order valence-corrected chi connectivity index (χ0v) is 22.5. The number of carbonyl (C=O) groups is 1. The fraction of sp³-hybridized carbons (Fsp3) is 0.250. The van der Waals surface area contributed by atoms with Crippen LogP contribution in [0, 0.1) is 0 Å². The van der Waals surface area contributed by atoms with E-state index < -0.39 is 10.0 Å². The van der Waals surface area contributed by atoms with Gasteiger partial charge in [-0.05, 0) is 49.7 Å². The van der Waals surface area contributed by atoms with E-state index in [9.17, 15) is 13.2 Å². The average molecular weight is 537 g/mol. The Balaban J connectivity index is 1.80. The average Bonchev–Trinajstić information content (AvgIpc) is 3.21. The molecule has 200 valence electrons. The van der Waals surface area contributed by atoms with Crippen LogP contribution in [0.25, 0.3) is 11.3 Å². The zero-order valence-electron chi connectivity index (χ0n) is 21.7. The normalized spacial score (nSPS) is 13.9. The van der Waals surface area contributed by atoms with Crippen molar-refractivity contribution < 1.29 is 22.7 Å². The van der Waals surface area contributed by atoms with Gasteiger partial charge >= 0.3 is 0 Å². The SMILES string of the molecule is CCOc1cc2c(cc1OCC)/C(=C(/Nc1ccc(N(CCN)S(C)(=O)=O)cc1)c1ccccc1)C(=O)N2. The number of ether oxygens (including phenoxy) is 2. The summed E-state index contributed by atoms with van der Waals surface area (Å²) in [4.78, 5) is 13.3. The Morgan fingerprint density at radius 2 is 1.61 bits per heavy atom. The topological polar surface area (TPSA) is 123 Å². The molecule has 0 unspecified atom stereocenters. The Kier molecular flexibility index (Phi) is 8.23. The highest BCUT2D eigenvalue weighted by Crippen LogP contribution is 2.43. The molecule has 3 aromatic carbocycles. The Morgan fingerprint density at radius 3 is 2.18 bits per heavy atom. The van der Waals surface area contributed by atoms with E-state index in [0.717, 1.165) is 11.8 Å². The summed E-state index contributed by atoms with van der Waals surface area (Å²) in [5, 5.41) is 6.34. The standard InChI is InChI=1S/C28H32N4O5S/c1-4-36-24-17-22-23(18-25(24)37-5-2)31-28(33)26(22)27(19-9-7-6-8-10-19)30-20-11-13-21(14-12-20)32(16-15-29)38(3,34)35/h6-14,17-18,30H,4-5,15-16,29H2,1-3H3,(H,31,33)/b27-26-. The molecule has 0 saturated carbocycles. The van der Waals surface area contributed by atoms with Gasteiger partial charge in [0.2, 0.25) is 10.0 Å². The van der Waals surface area contributed by atoms with Crippen LogP contribution < -0.4 is 30.1 Å². The Labute approximate surface area is 223 Å². The summed E-state index contributed by atoms with van der Waals surface area (Å²) in [6.45, 7) is 5.06. The molecule has 4 N–H and O–H groups in total. The molecular formula is C28H32N4O5S. The fourth-order valence-corrected chi connectivity index (χ4v) is 5.25. The number of benzene rings is 3. The highest BCUT2D eigenvalue weighted by Gasteiger charge is 2.30. The molecule has 0 atom stereocenters. The molecular weight excluding hydrogens is 504 g/mol. The van der Waals surface area contributed by atoms with E-state index in [0.29, 0.717) is 58.6 Å². The van der Waals surface area contributed by atoms with Crippen molar-refractivity contribution in [1.29, 1.82) is 0 Å². The van der Waals surface area contributed by atoms with Gasteiger partial charge in [-0.15, -0.1) is 0 Å². The lowest BCUT2D eigenvalue weighted by molar-refractivity contribution is -0.110. The van der Waals surface area contributed by atoms with E-state index in [2.05, 4.69) is 10.6 Å². The van der Waals surface area contributed by atoms with E-state index in [1.54, 1.807) is 30.3 Å². The molecule has 9 nitrogen and oxygen atoms in total. The third-order valence-corrected chi connectivity index (χ3v) is 7.09. The lowest BCUT2D eigenvalue weighted by Crippen LogP contribution is -2.34. The minimum Gasteiger partial charge on any atom is -0.490 e. The molecule has 4 rings (SSSR count). The van der Waals surface area contributed by atoms with Crippen LogP contribution in [-0.2, 0) is 14.8 Å². The van der Waals surface area contributed by atoms with Crippen molar-refractivity contribution in [3.8, 4) is 11.5 Å². The van der Waals surface area contributed by atoms with Crippen molar-refractivity contribution in [2.75, 3.05) is 47.5 Å². The first kappa shape index (κ1) is 27.0. The second kappa shape index (κ2) is 11.6. The van der Waals surface area contributed by atoms with Crippen LogP contribution in [0.1, 0.15) is 25.0 Å². The largest absolute Gasteiger partial charge is 0.490 e. The van der Waals surface area contributed by atoms with Gasteiger partial charge in [0.15, 0.2) is 11.5 Å². The first-order valence-electron chi connectivity index (χ1n) is 12.4. The first-order valence-corrected chi connectivity index (χ1v) is 14.2. The second-order valence-electron chi connectivity index (χ2n) is 8.58. The summed E-state index contributed by atoms with van der Waals surface area (Å²) in [5.74, 6) is 0.859. The van der Waals surface area contributed by atoms with Gasteiger partial charge in [0.1, 0.15) is 0 Å². The van der Waals surface area contributed by atoms with Gasteiger partial charge < -0.3 is 25.8 Å². The monoisotopic (exact) mass is 536 g/mol. The smallest absolute Gasteiger partial charge is 0.258 e. The van der Waals surface area contributed by atoms with Crippen molar-refractivity contribution in [1.82, 2.24) is 0 Å². The third kappa shape index (κ3) is 5.76. The molecule has 0 saturated heterocycles. The second-order valence-corrected chi connectivity index (χ2v) is 10.5. The Morgan fingerprint density at radius 1 is 0.974 bits per heavy atom. The number of nitrogens with two attached hydrogens (primary N) is 1. The minimum atomic E-state index is -3.48. The van der Waals surface area contributed by atoms with Gasteiger partial charge in [0.25, 0.3) is 5.91 Å². The number of hydrogen-bond donors (Lipinski definition) is 3. The fourth-order valence-electron chi connectivity index (χ4n) is 4.30. The van der Waals surface area contributed by atoms with E-state index >= 15 is 0 Å². The van der Waals surface area contributed by atoms with Crippen molar-refractivity contribution in [2.45, 2.75) is 13.8 Å². The lowest BCUT2D eigenvalue weighted by atomic mass is 9.99. The summed E-state index contributed by atoms with van der Waals surface area (Å²) in [6, 6.07) is 20.1. The summed E-state index contributed by atoms with van der Waals surface area (Å²) >= 11 is 0. The van der Waals surface area contributed by atoms with Crippen LogP contribution >= 0.6 is 0 Å². The molecule has 38 heavy (non-hydrogen) atoms. The maximum Gasteiger partial charge on any atom is 0.258 e. The number of fused-ring (bicyclic) bond motifs is 1. The minimum absolute atomic E-state index is 0.174. The third-order valence-electron chi connectivity index (χ3n) is 5.90. The number of anilines is 3. The number of nitrogens with zero attached hydrogens (tertiary/aromatic N) is 1. The van der Waals surface area contributed by atoms with E-state index in [-0.39, 0.29) is 19.0 Å². The quantitative estimate of drug-likeness (QED) is 0.315. The Bertz CT molecular complexity index is 1440. The lowest BCUT2D eigenvalue weighted by Gasteiger charge is -2.22. The molecule has 0 radical (unpaired) electrons. The van der Waals surface area contributed by atoms with Crippen molar-refractivity contribution in [2.24, 2.45) is 5.73 Å². The van der Waals surface area contributed by atoms with Crippen LogP contribution in [0.3, 0.4) is 0 Å². The van der Waals surface area contributed by atoms with Gasteiger partial charge in [-0.3, -0.25) is 9.10 Å². The highest BCUT2D eigenvalue weighted by molar-refractivity contribution is 7.92. The zero-order chi connectivity index (χ0) is 27.3. The van der Waals surface area contributed by atoms with Crippen molar-refractivity contribution >= 4 is 44.3 Å². The summed E-state index contributed by atoms with van der Waals surface area (Å²) < 4.78 is 37.3. The number of carbonyl (C=O) groups excluding carboxylic acids is 1. The Hall–Kier alpha value is -4.02. The molecule has 0 bridgehead atoms. The summed E-state index contributed by atoms with van der Waals surface area (Å²) in [7, 11) is -3.48. The summed E-state index contributed by atoms with van der Waals surface area (Å²) in [6.07, 6.45) is 1.15. The maximum absolute atomic E-state index is 13.3. The van der Waals surface area contributed by atoms with Crippen LogP contribution in [0.15, 0.2) is 66.7 Å². The summed E-state index contributed by atoms with van der Waals surface area (Å²) in [5.41, 5.74) is 10.00. The number of amides is 1. The molecule has 1 aliphatic heterocycles. The molecule has 0 aliphatic carbocycles. The number of sulfonamides is 1. The molecule has 3 aromatic rings. The molecule has 10 heteroatoms. The van der Waals surface area contributed by atoms with Gasteiger partial charge in [0, 0.05) is 30.4 Å². The van der Waals surface area contributed by atoms with Gasteiger partial charge in [0.05, 0.1) is 42.1 Å². The van der Waals surface area contributed by atoms with Gasteiger partial charge in [-0.2, -0.15) is 0 Å².